The van der Waals surface area contributed by atoms with Crippen LogP contribution in [0.4, 0.5) is 8.78 Å². The van der Waals surface area contributed by atoms with Gasteiger partial charge in [0.2, 0.25) is 11.8 Å². The number of benzene rings is 3. The minimum absolute atomic E-state index is 0.00182. The third kappa shape index (κ3) is 4.58. The van der Waals surface area contributed by atoms with Crippen LogP contribution in [0.5, 0.6) is 23.3 Å². The highest BCUT2D eigenvalue weighted by molar-refractivity contribution is 6.32. The molecule has 2 N–H and O–H groups in total. The van der Waals surface area contributed by atoms with Gasteiger partial charge in [-0.05, 0) is 31.0 Å². The Labute approximate surface area is 210 Å². The molecule has 4 aromatic rings. The summed E-state index contributed by atoms with van der Waals surface area (Å²) in [6, 6.07) is 11.1. The number of hydrogen-bond donors (Lipinski definition) is 2. The lowest BCUT2D eigenvalue weighted by atomic mass is 10.0. The SMILES string of the molecule is CCCOc1c2ccccc2c(OC(F)F)c2c(O)n(-c3ccc(CC(=O)OCC)cc3Cl)c(O)c12. The van der Waals surface area contributed by atoms with Crippen molar-refractivity contribution in [2.45, 2.75) is 33.3 Å². The summed E-state index contributed by atoms with van der Waals surface area (Å²) in [4.78, 5) is 11.8. The second-order valence-corrected chi connectivity index (χ2v) is 8.34. The molecule has 0 unspecified atom stereocenters. The first-order chi connectivity index (χ1) is 17.3. The molecule has 0 atom stereocenters. The molecule has 190 valence electrons. The minimum Gasteiger partial charge on any atom is -0.494 e. The number of ether oxygens (including phenoxy) is 3. The summed E-state index contributed by atoms with van der Waals surface area (Å²) in [6.07, 6.45) is 0.624. The fourth-order valence-corrected chi connectivity index (χ4v) is 4.43. The number of nitrogens with zero attached hydrogens (tertiary/aromatic N) is 1. The highest BCUT2D eigenvalue weighted by Crippen LogP contribution is 2.53. The van der Waals surface area contributed by atoms with Gasteiger partial charge in [-0.15, -0.1) is 0 Å². The Balaban J connectivity index is 1.99. The number of carbonyl (C=O) groups excluding carboxylic acids is 1. The second-order valence-electron chi connectivity index (χ2n) is 7.93. The third-order valence-electron chi connectivity index (χ3n) is 5.56. The van der Waals surface area contributed by atoms with Crippen molar-refractivity contribution in [1.82, 2.24) is 4.57 Å². The molecule has 4 rings (SSSR count). The summed E-state index contributed by atoms with van der Waals surface area (Å²) in [6.45, 7) is 0.929. The lowest BCUT2D eigenvalue weighted by Crippen LogP contribution is -2.07. The molecular formula is C26H24ClF2NO6. The van der Waals surface area contributed by atoms with Crippen LogP contribution in [0, 0.1) is 0 Å². The molecule has 1 heterocycles. The number of hydrogen-bond acceptors (Lipinski definition) is 6. The Hall–Kier alpha value is -3.72. The van der Waals surface area contributed by atoms with Gasteiger partial charge in [0.05, 0.1) is 41.1 Å². The maximum absolute atomic E-state index is 13.4. The summed E-state index contributed by atoms with van der Waals surface area (Å²) in [5.41, 5.74) is 0.710. The average molecular weight is 520 g/mol. The normalized spacial score (nSPS) is 11.4. The van der Waals surface area contributed by atoms with E-state index in [-0.39, 0.29) is 58.0 Å². The van der Waals surface area contributed by atoms with Crippen LogP contribution >= 0.6 is 11.6 Å². The van der Waals surface area contributed by atoms with Gasteiger partial charge in [0.15, 0.2) is 0 Å². The van der Waals surface area contributed by atoms with Crippen LogP contribution in [0.3, 0.4) is 0 Å². The summed E-state index contributed by atoms with van der Waals surface area (Å²) in [7, 11) is 0. The molecule has 0 radical (unpaired) electrons. The average Bonchev–Trinajstić information content (AvgIpc) is 3.09. The first kappa shape index (κ1) is 25.4. The Kier molecular flexibility index (Phi) is 7.40. The standard InChI is InChI=1S/C26H24ClF2NO6/c1-3-11-35-22-15-7-5-6-8-16(15)23(36-26(28)29)21-20(22)24(32)30(25(21)33)18-10-9-14(12-17(18)27)13-19(31)34-4-2/h5-10,12,26,32-33H,3-4,11,13H2,1-2H3. The summed E-state index contributed by atoms with van der Waals surface area (Å²) >= 11 is 6.47. The zero-order valence-electron chi connectivity index (χ0n) is 19.6. The molecule has 0 amide bonds. The molecule has 36 heavy (non-hydrogen) atoms. The Morgan fingerprint density at radius 2 is 1.67 bits per heavy atom. The van der Waals surface area contributed by atoms with Gasteiger partial charge < -0.3 is 24.4 Å². The third-order valence-corrected chi connectivity index (χ3v) is 5.86. The predicted octanol–water partition coefficient (Wildman–Crippen LogP) is 6.34. The zero-order chi connectivity index (χ0) is 26.0. The van der Waals surface area contributed by atoms with E-state index in [4.69, 9.17) is 25.8 Å². The monoisotopic (exact) mass is 519 g/mol. The van der Waals surface area contributed by atoms with Crippen molar-refractivity contribution >= 4 is 39.1 Å². The van der Waals surface area contributed by atoms with Crippen LogP contribution in [0.2, 0.25) is 5.02 Å². The van der Waals surface area contributed by atoms with Crippen molar-refractivity contribution in [2.24, 2.45) is 0 Å². The predicted molar refractivity (Wildman–Crippen MR) is 132 cm³/mol. The van der Waals surface area contributed by atoms with E-state index in [2.05, 4.69) is 0 Å². The fourth-order valence-electron chi connectivity index (χ4n) is 4.14. The van der Waals surface area contributed by atoms with Gasteiger partial charge in [0.1, 0.15) is 11.5 Å². The zero-order valence-corrected chi connectivity index (χ0v) is 20.3. The molecule has 0 aliphatic carbocycles. The molecule has 0 aliphatic heterocycles. The van der Waals surface area contributed by atoms with Gasteiger partial charge in [-0.1, -0.05) is 48.9 Å². The summed E-state index contributed by atoms with van der Waals surface area (Å²) in [5, 5.41) is 23.2. The molecule has 3 aromatic carbocycles. The number of aromatic hydroxyl groups is 2. The van der Waals surface area contributed by atoms with E-state index < -0.39 is 24.3 Å². The van der Waals surface area contributed by atoms with Crippen molar-refractivity contribution < 1.29 is 38.0 Å². The number of carbonyl (C=O) groups is 1. The summed E-state index contributed by atoms with van der Waals surface area (Å²) in [5.74, 6) is -1.56. The van der Waals surface area contributed by atoms with E-state index in [0.29, 0.717) is 17.4 Å². The molecule has 7 nitrogen and oxygen atoms in total. The molecule has 0 saturated heterocycles. The number of halogens is 3. The van der Waals surface area contributed by atoms with E-state index in [1.807, 2.05) is 6.92 Å². The second kappa shape index (κ2) is 10.5. The number of esters is 1. The maximum atomic E-state index is 13.4. The molecule has 1 aromatic heterocycles. The van der Waals surface area contributed by atoms with Crippen molar-refractivity contribution in [2.75, 3.05) is 13.2 Å². The molecule has 0 spiro atoms. The number of aromatic nitrogens is 1. The highest BCUT2D eigenvalue weighted by atomic mass is 35.5. The Morgan fingerprint density at radius 3 is 2.25 bits per heavy atom. The fraction of sp³-hybridized carbons (Fsp3) is 0.269. The number of fused-ring (bicyclic) bond motifs is 2. The van der Waals surface area contributed by atoms with Crippen LogP contribution in [0.1, 0.15) is 25.8 Å². The van der Waals surface area contributed by atoms with Crippen LogP contribution in [0.15, 0.2) is 42.5 Å². The van der Waals surface area contributed by atoms with Crippen LogP contribution in [0.25, 0.3) is 27.2 Å². The largest absolute Gasteiger partial charge is 0.494 e. The maximum Gasteiger partial charge on any atom is 0.387 e. The highest BCUT2D eigenvalue weighted by Gasteiger charge is 2.29. The van der Waals surface area contributed by atoms with E-state index >= 15 is 0 Å². The smallest absolute Gasteiger partial charge is 0.387 e. The Bertz CT molecular complexity index is 1440. The summed E-state index contributed by atoms with van der Waals surface area (Å²) < 4.78 is 43.6. The van der Waals surface area contributed by atoms with Crippen molar-refractivity contribution in [1.29, 1.82) is 0 Å². The van der Waals surface area contributed by atoms with Crippen molar-refractivity contribution in [3.05, 3.63) is 53.1 Å². The lowest BCUT2D eigenvalue weighted by Gasteiger charge is -2.15. The molecule has 10 heteroatoms. The molecule has 0 saturated carbocycles. The first-order valence-electron chi connectivity index (χ1n) is 11.3. The van der Waals surface area contributed by atoms with Gasteiger partial charge in [0, 0.05) is 10.8 Å². The lowest BCUT2D eigenvalue weighted by molar-refractivity contribution is -0.142. The minimum atomic E-state index is -3.19. The molecular weight excluding hydrogens is 496 g/mol. The Morgan fingerprint density at radius 1 is 1.03 bits per heavy atom. The van der Waals surface area contributed by atoms with Gasteiger partial charge >= 0.3 is 12.6 Å². The topological polar surface area (TPSA) is 90.2 Å². The van der Waals surface area contributed by atoms with Crippen LogP contribution < -0.4 is 9.47 Å². The van der Waals surface area contributed by atoms with E-state index in [1.54, 1.807) is 37.3 Å². The van der Waals surface area contributed by atoms with E-state index in [1.165, 1.54) is 12.1 Å². The quantitative estimate of drug-likeness (QED) is 0.251. The molecule has 0 aliphatic rings. The van der Waals surface area contributed by atoms with E-state index in [9.17, 15) is 23.8 Å². The first-order valence-corrected chi connectivity index (χ1v) is 11.7. The molecule has 0 fully saturated rings. The van der Waals surface area contributed by atoms with Gasteiger partial charge in [-0.3, -0.25) is 4.79 Å². The molecule has 0 bridgehead atoms. The van der Waals surface area contributed by atoms with Crippen LogP contribution in [-0.2, 0) is 16.0 Å². The number of alkyl halides is 2. The van der Waals surface area contributed by atoms with Crippen molar-refractivity contribution in [3.8, 4) is 28.9 Å². The number of rotatable bonds is 9. The van der Waals surface area contributed by atoms with Gasteiger partial charge in [-0.2, -0.15) is 8.78 Å². The van der Waals surface area contributed by atoms with Crippen LogP contribution in [-0.4, -0.2) is 40.6 Å². The van der Waals surface area contributed by atoms with Gasteiger partial charge in [0.25, 0.3) is 0 Å². The van der Waals surface area contributed by atoms with Crippen molar-refractivity contribution in [3.63, 3.8) is 0 Å². The van der Waals surface area contributed by atoms with E-state index in [0.717, 1.165) is 4.57 Å². The van der Waals surface area contributed by atoms with Gasteiger partial charge in [-0.25, -0.2) is 4.57 Å².